The van der Waals surface area contributed by atoms with E-state index in [1.807, 2.05) is 0 Å². The first-order valence-electron chi connectivity index (χ1n) is 6.84. The van der Waals surface area contributed by atoms with Crippen LogP contribution in [0.25, 0.3) is 0 Å². The normalized spacial score (nSPS) is 32.2. The SMILES string of the molecule is CCCN(CC1CCOC1)C1COCC1C(=O)O. The van der Waals surface area contributed by atoms with Crippen LogP contribution in [0, 0.1) is 11.8 Å². The molecule has 0 aromatic rings. The van der Waals surface area contributed by atoms with Crippen LogP contribution in [-0.2, 0) is 14.3 Å². The minimum atomic E-state index is -0.735. The van der Waals surface area contributed by atoms with Crippen molar-refractivity contribution >= 4 is 5.97 Å². The van der Waals surface area contributed by atoms with Crippen LogP contribution in [0.1, 0.15) is 19.8 Å². The molecule has 0 radical (unpaired) electrons. The summed E-state index contributed by atoms with van der Waals surface area (Å²) in [6.45, 7) is 6.55. The lowest BCUT2D eigenvalue weighted by molar-refractivity contribution is -0.143. The van der Waals surface area contributed by atoms with Gasteiger partial charge in [-0.05, 0) is 25.3 Å². The van der Waals surface area contributed by atoms with Crippen LogP contribution in [0.15, 0.2) is 0 Å². The fraction of sp³-hybridized carbons (Fsp3) is 0.923. The second-order valence-electron chi connectivity index (χ2n) is 5.27. The Morgan fingerprint density at radius 2 is 2.17 bits per heavy atom. The van der Waals surface area contributed by atoms with E-state index < -0.39 is 5.97 Å². The van der Waals surface area contributed by atoms with Crippen LogP contribution >= 0.6 is 0 Å². The lowest BCUT2D eigenvalue weighted by Crippen LogP contribution is -2.45. The van der Waals surface area contributed by atoms with Gasteiger partial charge in [-0.25, -0.2) is 0 Å². The smallest absolute Gasteiger partial charge is 0.310 e. The van der Waals surface area contributed by atoms with Gasteiger partial charge >= 0.3 is 5.97 Å². The molecule has 0 aromatic carbocycles. The summed E-state index contributed by atoms with van der Waals surface area (Å²) in [6.07, 6.45) is 2.13. The number of rotatable bonds is 6. The number of carboxylic acids is 1. The van der Waals surface area contributed by atoms with Crippen LogP contribution in [-0.4, -0.2) is 61.5 Å². The van der Waals surface area contributed by atoms with Gasteiger partial charge in [0, 0.05) is 19.2 Å². The summed E-state index contributed by atoms with van der Waals surface area (Å²) in [5.74, 6) is -0.563. The Morgan fingerprint density at radius 3 is 2.78 bits per heavy atom. The van der Waals surface area contributed by atoms with Crippen molar-refractivity contribution in [3.8, 4) is 0 Å². The lowest BCUT2D eigenvalue weighted by atomic mass is 9.99. The molecule has 2 heterocycles. The summed E-state index contributed by atoms with van der Waals surface area (Å²) >= 11 is 0. The van der Waals surface area contributed by atoms with Gasteiger partial charge < -0.3 is 14.6 Å². The first kappa shape index (κ1) is 13.8. The van der Waals surface area contributed by atoms with Crippen molar-refractivity contribution in [3.63, 3.8) is 0 Å². The molecule has 3 unspecified atom stereocenters. The minimum absolute atomic E-state index is 0.0306. The van der Waals surface area contributed by atoms with E-state index in [1.165, 1.54) is 0 Å². The molecule has 2 fully saturated rings. The number of carboxylic acid groups (broad SMARTS) is 1. The molecule has 0 bridgehead atoms. The molecular formula is C13H23NO4. The highest BCUT2D eigenvalue weighted by Crippen LogP contribution is 2.23. The summed E-state index contributed by atoms with van der Waals surface area (Å²) in [5, 5.41) is 9.23. The maximum absolute atomic E-state index is 11.2. The number of carbonyl (C=O) groups is 1. The van der Waals surface area contributed by atoms with Crippen LogP contribution in [0.3, 0.4) is 0 Å². The fourth-order valence-corrected chi connectivity index (χ4v) is 2.88. The number of hydrogen-bond donors (Lipinski definition) is 1. The van der Waals surface area contributed by atoms with E-state index in [0.717, 1.165) is 39.1 Å². The van der Waals surface area contributed by atoms with Gasteiger partial charge in [-0.3, -0.25) is 9.69 Å². The van der Waals surface area contributed by atoms with Gasteiger partial charge in [0.25, 0.3) is 0 Å². The molecule has 2 aliphatic heterocycles. The molecule has 2 saturated heterocycles. The highest BCUT2D eigenvalue weighted by atomic mass is 16.5. The fourth-order valence-electron chi connectivity index (χ4n) is 2.88. The molecule has 2 aliphatic rings. The number of hydrogen-bond acceptors (Lipinski definition) is 4. The lowest BCUT2D eigenvalue weighted by Gasteiger charge is -2.31. The summed E-state index contributed by atoms with van der Waals surface area (Å²) in [5.41, 5.74) is 0. The third-order valence-corrected chi connectivity index (χ3v) is 3.86. The van der Waals surface area contributed by atoms with Gasteiger partial charge in [0.2, 0.25) is 0 Å². The van der Waals surface area contributed by atoms with E-state index in [0.29, 0.717) is 19.1 Å². The second-order valence-corrected chi connectivity index (χ2v) is 5.27. The summed E-state index contributed by atoms with van der Waals surface area (Å²) < 4.78 is 10.8. The van der Waals surface area contributed by atoms with Crippen LogP contribution in [0.5, 0.6) is 0 Å². The highest BCUT2D eigenvalue weighted by molar-refractivity contribution is 5.71. The van der Waals surface area contributed by atoms with Gasteiger partial charge in [-0.1, -0.05) is 6.92 Å². The van der Waals surface area contributed by atoms with E-state index in [4.69, 9.17) is 9.47 Å². The number of aliphatic carboxylic acids is 1. The van der Waals surface area contributed by atoms with Crippen molar-refractivity contribution in [1.29, 1.82) is 0 Å². The van der Waals surface area contributed by atoms with Gasteiger partial charge in [0.15, 0.2) is 0 Å². The first-order chi connectivity index (χ1) is 8.72. The van der Waals surface area contributed by atoms with E-state index in [9.17, 15) is 9.90 Å². The summed E-state index contributed by atoms with van der Waals surface area (Å²) in [7, 11) is 0. The molecule has 5 nitrogen and oxygen atoms in total. The Labute approximate surface area is 108 Å². The van der Waals surface area contributed by atoms with Crippen molar-refractivity contribution in [1.82, 2.24) is 4.90 Å². The third kappa shape index (κ3) is 3.22. The number of nitrogens with zero attached hydrogens (tertiary/aromatic N) is 1. The van der Waals surface area contributed by atoms with Crippen molar-refractivity contribution in [2.45, 2.75) is 25.8 Å². The number of ether oxygens (including phenoxy) is 2. The van der Waals surface area contributed by atoms with E-state index >= 15 is 0 Å². The van der Waals surface area contributed by atoms with E-state index in [-0.39, 0.29) is 12.0 Å². The van der Waals surface area contributed by atoms with Gasteiger partial charge in [0.1, 0.15) is 0 Å². The predicted molar refractivity (Wildman–Crippen MR) is 66.5 cm³/mol. The Bertz CT molecular complexity index is 278. The zero-order valence-corrected chi connectivity index (χ0v) is 11.0. The molecule has 0 amide bonds. The maximum Gasteiger partial charge on any atom is 0.310 e. The van der Waals surface area contributed by atoms with Crippen LogP contribution in [0.2, 0.25) is 0 Å². The first-order valence-corrected chi connectivity index (χ1v) is 6.84. The Balaban J connectivity index is 1.96. The van der Waals surface area contributed by atoms with E-state index in [1.54, 1.807) is 0 Å². The van der Waals surface area contributed by atoms with Crippen LogP contribution < -0.4 is 0 Å². The largest absolute Gasteiger partial charge is 0.481 e. The molecule has 104 valence electrons. The zero-order valence-electron chi connectivity index (χ0n) is 11.0. The molecule has 0 spiro atoms. The van der Waals surface area contributed by atoms with Crippen LogP contribution in [0.4, 0.5) is 0 Å². The third-order valence-electron chi connectivity index (χ3n) is 3.86. The Morgan fingerprint density at radius 1 is 1.33 bits per heavy atom. The topological polar surface area (TPSA) is 59.0 Å². The standard InChI is InChI=1S/C13H23NO4/c1-2-4-14(6-10-3-5-17-7-10)12-9-18-8-11(12)13(15)16/h10-12H,2-9H2,1H3,(H,15,16). The molecule has 18 heavy (non-hydrogen) atoms. The van der Waals surface area contributed by atoms with Gasteiger partial charge in [-0.15, -0.1) is 0 Å². The van der Waals surface area contributed by atoms with Gasteiger partial charge in [-0.2, -0.15) is 0 Å². The summed E-state index contributed by atoms with van der Waals surface area (Å²) in [6, 6.07) is 0.0306. The molecule has 5 heteroatoms. The molecular weight excluding hydrogens is 234 g/mol. The monoisotopic (exact) mass is 257 g/mol. The maximum atomic E-state index is 11.2. The molecule has 0 saturated carbocycles. The van der Waals surface area contributed by atoms with Crippen molar-refractivity contribution < 1.29 is 19.4 Å². The van der Waals surface area contributed by atoms with Crippen molar-refractivity contribution in [3.05, 3.63) is 0 Å². The highest BCUT2D eigenvalue weighted by Gasteiger charge is 2.38. The zero-order chi connectivity index (χ0) is 13.0. The predicted octanol–water partition coefficient (Wildman–Crippen LogP) is 0.835. The van der Waals surface area contributed by atoms with Crippen molar-refractivity contribution in [2.75, 3.05) is 39.5 Å². The average Bonchev–Trinajstić information content (AvgIpc) is 2.99. The Hall–Kier alpha value is -0.650. The van der Waals surface area contributed by atoms with E-state index in [2.05, 4.69) is 11.8 Å². The molecule has 0 aliphatic carbocycles. The minimum Gasteiger partial charge on any atom is -0.481 e. The molecule has 1 N–H and O–H groups in total. The second kappa shape index (κ2) is 6.50. The van der Waals surface area contributed by atoms with Crippen molar-refractivity contribution in [2.24, 2.45) is 11.8 Å². The molecule has 2 rings (SSSR count). The molecule has 0 aromatic heterocycles. The quantitative estimate of drug-likeness (QED) is 0.764. The van der Waals surface area contributed by atoms with Gasteiger partial charge in [0.05, 0.1) is 25.7 Å². The Kier molecular flexibility index (Phi) is 4.97. The molecule has 3 atom stereocenters. The summed E-state index contributed by atoms with van der Waals surface area (Å²) in [4.78, 5) is 13.5. The average molecular weight is 257 g/mol.